The molecule has 0 radical (unpaired) electrons. The van der Waals surface area contributed by atoms with Crippen molar-refractivity contribution in [3.63, 3.8) is 0 Å². The van der Waals surface area contributed by atoms with Gasteiger partial charge in [-0.25, -0.2) is 4.98 Å². The molecule has 0 unspecified atom stereocenters. The lowest BCUT2D eigenvalue weighted by atomic mass is 10.1. The quantitative estimate of drug-likeness (QED) is 0.672. The molecule has 2 aromatic rings. The molecule has 150 valence electrons. The lowest BCUT2D eigenvalue weighted by Crippen LogP contribution is -2.35. The van der Waals surface area contributed by atoms with Gasteiger partial charge in [0.2, 0.25) is 0 Å². The van der Waals surface area contributed by atoms with E-state index < -0.39 is 0 Å². The Labute approximate surface area is 179 Å². The average molecular weight is 456 g/mol. The summed E-state index contributed by atoms with van der Waals surface area (Å²) in [5.74, 6) is 0.0236. The maximum absolute atomic E-state index is 12.5. The number of thiazole rings is 1. The number of rotatable bonds is 5. The minimum atomic E-state index is -0.342. The number of nitrogens with zero attached hydrogens (tertiary/aromatic N) is 2. The Morgan fingerprint density at radius 3 is 2.78 bits per heavy atom. The van der Waals surface area contributed by atoms with Crippen molar-refractivity contribution < 1.29 is 14.3 Å². The van der Waals surface area contributed by atoms with Crippen molar-refractivity contribution in [3.05, 3.63) is 33.8 Å². The van der Waals surface area contributed by atoms with E-state index in [0.29, 0.717) is 27.2 Å². The molecule has 1 aliphatic rings. The summed E-state index contributed by atoms with van der Waals surface area (Å²) >= 11 is 7.40. The van der Waals surface area contributed by atoms with Crippen LogP contribution in [-0.2, 0) is 11.3 Å². The molecule has 11 heteroatoms. The summed E-state index contributed by atoms with van der Waals surface area (Å²) in [6, 6.07) is 3.02. The van der Waals surface area contributed by atoms with Gasteiger partial charge < -0.3 is 15.2 Å². The molecule has 3 N–H and O–H groups in total. The topological polar surface area (TPSA) is 89.7 Å². The van der Waals surface area contributed by atoms with Gasteiger partial charge in [-0.3, -0.25) is 15.0 Å². The standard InChI is InChI=1S/C16H19ClN4O3S.2ClH/c1-23-14-7-13(18)12(17)6-11(14)15(22)20-16-19-10(9-25-16)8-21-2-4-24-5-3-21;;/h6-7,9H,2-5,8,18H2,1H3,(H,19,20,22);2*1H. The summed E-state index contributed by atoms with van der Waals surface area (Å²) < 4.78 is 10.5. The van der Waals surface area contributed by atoms with Crippen LogP contribution in [0.15, 0.2) is 17.5 Å². The highest BCUT2D eigenvalue weighted by Gasteiger charge is 2.17. The maximum atomic E-state index is 12.5. The molecule has 3 rings (SSSR count). The Morgan fingerprint density at radius 2 is 2.11 bits per heavy atom. The number of methoxy groups -OCH3 is 1. The minimum absolute atomic E-state index is 0. The predicted molar refractivity (Wildman–Crippen MR) is 113 cm³/mol. The van der Waals surface area contributed by atoms with Gasteiger partial charge >= 0.3 is 0 Å². The van der Waals surface area contributed by atoms with Gasteiger partial charge in [-0.2, -0.15) is 0 Å². The molecule has 0 atom stereocenters. The number of anilines is 2. The van der Waals surface area contributed by atoms with Gasteiger partial charge in [0.25, 0.3) is 5.91 Å². The minimum Gasteiger partial charge on any atom is -0.496 e. The fourth-order valence-electron chi connectivity index (χ4n) is 2.51. The van der Waals surface area contributed by atoms with Crippen LogP contribution in [0.2, 0.25) is 5.02 Å². The molecule has 0 bridgehead atoms. The normalized spacial score (nSPS) is 14.0. The summed E-state index contributed by atoms with van der Waals surface area (Å²) in [5.41, 5.74) is 7.33. The van der Waals surface area contributed by atoms with Crippen LogP contribution in [-0.4, -0.2) is 49.2 Å². The van der Waals surface area contributed by atoms with E-state index in [2.05, 4.69) is 15.2 Å². The number of aromatic nitrogens is 1. The van der Waals surface area contributed by atoms with Crippen LogP contribution in [0.5, 0.6) is 5.75 Å². The molecule has 1 amide bonds. The second-order valence-corrected chi connectivity index (χ2v) is 6.83. The Morgan fingerprint density at radius 1 is 1.41 bits per heavy atom. The third kappa shape index (κ3) is 6.10. The molecule has 0 spiro atoms. The molecule has 0 aliphatic carbocycles. The molecule has 1 aromatic carbocycles. The number of hydrogen-bond acceptors (Lipinski definition) is 7. The van der Waals surface area contributed by atoms with Gasteiger partial charge in [0, 0.05) is 31.1 Å². The summed E-state index contributed by atoms with van der Waals surface area (Å²) in [6.07, 6.45) is 0. The van der Waals surface area contributed by atoms with Crippen molar-refractivity contribution in [2.75, 3.05) is 44.5 Å². The number of nitrogens with two attached hydrogens (primary N) is 1. The van der Waals surface area contributed by atoms with Gasteiger partial charge in [0.05, 0.1) is 42.3 Å². The number of hydrogen-bond donors (Lipinski definition) is 2. The van der Waals surface area contributed by atoms with Crippen LogP contribution < -0.4 is 15.8 Å². The van der Waals surface area contributed by atoms with Crippen LogP contribution >= 0.6 is 47.8 Å². The van der Waals surface area contributed by atoms with Gasteiger partial charge in [0.1, 0.15) is 5.75 Å². The number of carbonyl (C=O) groups excluding carboxylic acids is 1. The zero-order chi connectivity index (χ0) is 17.8. The number of nitrogen functional groups attached to an aromatic ring is 1. The number of morpholine rings is 1. The highest BCUT2D eigenvalue weighted by atomic mass is 35.5. The summed E-state index contributed by atoms with van der Waals surface area (Å²) in [6.45, 7) is 4.00. The lowest BCUT2D eigenvalue weighted by Gasteiger charge is -2.25. The number of nitrogens with one attached hydrogen (secondary N) is 1. The first kappa shape index (κ1) is 23.7. The third-order valence-corrected chi connectivity index (χ3v) is 4.96. The molecule has 7 nitrogen and oxygen atoms in total. The molecule has 27 heavy (non-hydrogen) atoms. The lowest BCUT2D eigenvalue weighted by molar-refractivity contribution is 0.0337. The zero-order valence-electron chi connectivity index (χ0n) is 14.6. The summed E-state index contributed by atoms with van der Waals surface area (Å²) in [5, 5.41) is 5.56. The molecule has 1 aromatic heterocycles. The van der Waals surface area contributed by atoms with Crippen LogP contribution in [0.4, 0.5) is 10.8 Å². The van der Waals surface area contributed by atoms with E-state index in [9.17, 15) is 4.79 Å². The van der Waals surface area contributed by atoms with E-state index in [1.54, 1.807) is 0 Å². The van der Waals surface area contributed by atoms with E-state index in [0.717, 1.165) is 38.5 Å². The van der Waals surface area contributed by atoms with Gasteiger partial charge in [-0.05, 0) is 6.07 Å². The second kappa shape index (κ2) is 10.9. The number of halogens is 3. The van der Waals surface area contributed by atoms with Crippen LogP contribution in [0.1, 0.15) is 16.1 Å². The van der Waals surface area contributed by atoms with Crippen molar-refractivity contribution in [2.24, 2.45) is 0 Å². The van der Waals surface area contributed by atoms with Crippen LogP contribution in [0.25, 0.3) is 0 Å². The number of ether oxygens (including phenoxy) is 2. The number of benzene rings is 1. The van der Waals surface area contributed by atoms with Crippen molar-refractivity contribution in [1.82, 2.24) is 9.88 Å². The SMILES string of the molecule is COc1cc(N)c(Cl)cc1C(=O)Nc1nc(CN2CCOCC2)cs1.Cl.Cl. The highest BCUT2D eigenvalue weighted by molar-refractivity contribution is 7.14. The molecular formula is C16H21Cl3N4O3S. The van der Waals surface area contributed by atoms with E-state index in [1.165, 1.54) is 30.6 Å². The van der Waals surface area contributed by atoms with Gasteiger partial charge in [0.15, 0.2) is 5.13 Å². The van der Waals surface area contributed by atoms with Crippen molar-refractivity contribution >= 4 is 64.5 Å². The van der Waals surface area contributed by atoms with E-state index in [4.69, 9.17) is 26.8 Å². The first-order chi connectivity index (χ1) is 12.1. The third-order valence-electron chi connectivity index (χ3n) is 3.82. The Hall–Kier alpha value is -1.29. The molecule has 1 fully saturated rings. The monoisotopic (exact) mass is 454 g/mol. The fraction of sp³-hybridized carbons (Fsp3) is 0.375. The van der Waals surface area contributed by atoms with Crippen molar-refractivity contribution in [2.45, 2.75) is 6.54 Å². The molecule has 1 saturated heterocycles. The zero-order valence-corrected chi connectivity index (χ0v) is 17.8. The molecule has 0 saturated carbocycles. The number of amides is 1. The largest absolute Gasteiger partial charge is 0.496 e. The summed E-state index contributed by atoms with van der Waals surface area (Å²) in [7, 11) is 1.48. The first-order valence-corrected chi connectivity index (χ1v) is 9.01. The van der Waals surface area contributed by atoms with Crippen LogP contribution in [0.3, 0.4) is 0 Å². The van der Waals surface area contributed by atoms with Crippen LogP contribution in [0, 0.1) is 0 Å². The first-order valence-electron chi connectivity index (χ1n) is 7.75. The average Bonchev–Trinajstić information content (AvgIpc) is 3.04. The van der Waals surface area contributed by atoms with E-state index in [1.807, 2.05) is 5.38 Å². The predicted octanol–water partition coefficient (Wildman–Crippen LogP) is 3.32. The molecule has 1 aliphatic heterocycles. The van der Waals surface area contributed by atoms with Crippen molar-refractivity contribution in [3.8, 4) is 5.75 Å². The summed E-state index contributed by atoms with van der Waals surface area (Å²) in [4.78, 5) is 19.2. The van der Waals surface area contributed by atoms with Crippen molar-refractivity contribution in [1.29, 1.82) is 0 Å². The second-order valence-electron chi connectivity index (χ2n) is 5.56. The molecule has 2 heterocycles. The number of carbonyl (C=O) groups is 1. The van der Waals surface area contributed by atoms with Gasteiger partial charge in [-0.15, -0.1) is 36.2 Å². The Balaban J connectivity index is 0.00000182. The molecular weight excluding hydrogens is 435 g/mol. The van der Waals surface area contributed by atoms with Gasteiger partial charge in [-0.1, -0.05) is 11.6 Å². The highest BCUT2D eigenvalue weighted by Crippen LogP contribution is 2.29. The van der Waals surface area contributed by atoms with E-state index in [-0.39, 0.29) is 30.7 Å². The smallest absolute Gasteiger partial charge is 0.261 e. The Kier molecular flexibility index (Phi) is 9.58. The Bertz CT molecular complexity index is 769. The maximum Gasteiger partial charge on any atom is 0.261 e. The van der Waals surface area contributed by atoms with E-state index >= 15 is 0 Å². The fourth-order valence-corrected chi connectivity index (χ4v) is 3.37.